The van der Waals surface area contributed by atoms with Crippen LogP contribution >= 0.6 is 11.3 Å². The molecule has 1 atom stereocenters. The number of piperazine rings is 1. The largest absolute Gasteiger partial charge is 0.442 e. The van der Waals surface area contributed by atoms with Crippen LogP contribution in [0, 0.1) is 21.3 Å². The molecule has 1 aromatic heterocycles. The van der Waals surface area contributed by atoms with Gasteiger partial charge in [-0.05, 0) is 29.5 Å². The average molecular weight is 563 g/mol. The molecule has 2 N–H and O–H groups in total. The number of carbonyl (C=O) groups is 3. The quantitative estimate of drug-likeness (QED) is 0.386. The predicted octanol–water partition coefficient (Wildman–Crippen LogP) is 3.57. The zero-order chi connectivity index (χ0) is 28.5. The minimum atomic E-state index is -0.645. The molecule has 2 aliphatic rings. The van der Waals surface area contributed by atoms with Crippen LogP contribution in [0.2, 0.25) is 0 Å². The van der Waals surface area contributed by atoms with Crippen LogP contribution in [0.15, 0.2) is 24.3 Å². The van der Waals surface area contributed by atoms with Gasteiger partial charge in [0.05, 0.1) is 29.4 Å². The Kier molecular flexibility index (Phi) is 7.95. The molecule has 2 fully saturated rings. The number of rotatable bonds is 7. The van der Waals surface area contributed by atoms with Gasteiger partial charge in [-0.3, -0.25) is 24.6 Å². The maximum Gasteiger partial charge on any atom is 0.414 e. The van der Waals surface area contributed by atoms with Gasteiger partial charge in [0, 0.05) is 44.6 Å². The highest BCUT2D eigenvalue weighted by atomic mass is 32.1. The number of ether oxygens (including phenoxy) is 1. The van der Waals surface area contributed by atoms with Gasteiger partial charge < -0.3 is 25.2 Å². The van der Waals surface area contributed by atoms with Crippen molar-refractivity contribution in [3.05, 3.63) is 40.2 Å². The van der Waals surface area contributed by atoms with E-state index in [-0.39, 0.29) is 29.9 Å². The third-order valence-electron chi connectivity index (χ3n) is 6.43. The van der Waals surface area contributed by atoms with Crippen LogP contribution in [-0.4, -0.2) is 68.2 Å². The highest BCUT2D eigenvalue weighted by Crippen LogP contribution is 2.41. The minimum absolute atomic E-state index is 0.0579. The van der Waals surface area contributed by atoms with E-state index in [0.29, 0.717) is 48.2 Å². The number of anilines is 4. The molecule has 0 radical (unpaired) electrons. The summed E-state index contributed by atoms with van der Waals surface area (Å²) in [6.07, 6.45) is -1.14. The first-order valence-corrected chi connectivity index (χ1v) is 13.3. The summed E-state index contributed by atoms with van der Waals surface area (Å²) < 4.78 is 20.4. The van der Waals surface area contributed by atoms with Crippen LogP contribution in [0.1, 0.15) is 27.7 Å². The Morgan fingerprint density at radius 2 is 1.79 bits per heavy atom. The van der Waals surface area contributed by atoms with Gasteiger partial charge in [0.15, 0.2) is 0 Å². The van der Waals surface area contributed by atoms with Crippen molar-refractivity contribution < 1.29 is 28.4 Å². The number of hydrogen-bond donors (Lipinski definition) is 2. The van der Waals surface area contributed by atoms with E-state index in [9.17, 15) is 24.5 Å². The Balaban J connectivity index is 1.41. The lowest BCUT2D eigenvalue weighted by Crippen LogP contribution is -2.46. The molecule has 210 valence electrons. The van der Waals surface area contributed by atoms with Crippen molar-refractivity contribution in [1.82, 2.24) is 5.32 Å². The Morgan fingerprint density at radius 1 is 1.15 bits per heavy atom. The topological polar surface area (TPSA) is 137 Å². The Hall–Kier alpha value is -3.94. The first-order valence-electron chi connectivity index (χ1n) is 12.4. The first-order chi connectivity index (χ1) is 18.3. The van der Waals surface area contributed by atoms with Crippen LogP contribution in [0.25, 0.3) is 0 Å². The zero-order valence-corrected chi connectivity index (χ0v) is 23.0. The molecule has 39 heavy (non-hydrogen) atoms. The van der Waals surface area contributed by atoms with E-state index in [0.717, 1.165) is 11.3 Å². The second kappa shape index (κ2) is 11.0. The molecule has 0 bridgehead atoms. The van der Waals surface area contributed by atoms with Crippen molar-refractivity contribution in [1.29, 1.82) is 0 Å². The summed E-state index contributed by atoms with van der Waals surface area (Å²) in [4.78, 5) is 52.0. The monoisotopic (exact) mass is 562 g/mol. The molecular weight excluding hydrogens is 531 g/mol. The van der Waals surface area contributed by atoms with Crippen LogP contribution < -0.4 is 25.3 Å². The fourth-order valence-corrected chi connectivity index (χ4v) is 5.18. The number of halogens is 1. The fraction of sp³-hybridized carbons (Fsp3) is 0.480. The Morgan fingerprint density at radius 3 is 2.36 bits per heavy atom. The molecule has 2 saturated heterocycles. The molecule has 3 amide bonds. The molecule has 0 saturated carbocycles. The molecular formula is C25H31FN6O6S. The second-order valence-corrected chi connectivity index (χ2v) is 11.5. The molecule has 2 aromatic rings. The van der Waals surface area contributed by atoms with E-state index >= 15 is 4.39 Å². The smallest absolute Gasteiger partial charge is 0.414 e. The van der Waals surface area contributed by atoms with Crippen molar-refractivity contribution in [3.8, 4) is 0 Å². The van der Waals surface area contributed by atoms with Crippen LogP contribution in [0.4, 0.5) is 36.2 Å². The number of carbonyl (C=O) groups excluding carboxylic acids is 3. The molecule has 0 unspecified atom stereocenters. The van der Waals surface area contributed by atoms with Gasteiger partial charge in [-0.2, -0.15) is 0 Å². The van der Waals surface area contributed by atoms with Gasteiger partial charge in [-0.1, -0.05) is 20.8 Å². The molecule has 4 rings (SSSR count). The predicted molar refractivity (Wildman–Crippen MR) is 146 cm³/mol. The van der Waals surface area contributed by atoms with E-state index in [1.165, 1.54) is 17.9 Å². The van der Waals surface area contributed by atoms with E-state index in [1.54, 1.807) is 39.0 Å². The van der Waals surface area contributed by atoms with Gasteiger partial charge in [0.1, 0.15) is 22.6 Å². The SMILES string of the molecule is CC(=O)NC[C@H]1CN(c2ccc(N3CCN(c4cc(NC(=O)C(C)(C)C)sc4[N+](=O)[O-])CC3)c(F)c2)C(=O)O1. The molecule has 2 aliphatic heterocycles. The lowest BCUT2D eigenvalue weighted by molar-refractivity contribution is -0.379. The summed E-state index contributed by atoms with van der Waals surface area (Å²) in [6.45, 7) is 8.67. The third-order valence-corrected chi connectivity index (χ3v) is 7.43. The fourth-order valence-electron chi connectivity index (χ4n) is 4.29. The number of nitro groups is 1. The van der Waals surface area contributed by atoms with Crippen molar-refractivity contribution in [3.63, 3.8) is 0 Å². The summed E-state index contributed by atoms with van der Waals surface area (Å²) in [5.74, 6) is -0.978. The molecule has 0 spiro atoms. The number of cyclic esters (lactones) is 1. The Labute approximate surface area is 228 Å². The molecule has 0 aliphatic carbocycles. The number of amides is 3. The highest BCUT2D eigenvalue weighted by molar-refractivity contribution is 7.20. The molecule has 1 aromatic carbocycles. The number of hydrogen-bond acceptors (Lipinski definition) is 9. The maximum atomic E-state index is 15.2. The molecule has 14 heteroatoms. The van der Waals surface area contributed by atoms with Crippen molar-refractivity contribution in [2.24, 2.45) is 5.41 Å². The van der Waals surface area contributed by atoms with Gasteiger partial charge in [-0.25, -0.2) is 9.18 Å². The Bertz CT molecular complexity index is 1290. The standard InChI is InChI=1S/C25H31FN6O6S/c1-15(33)27-13-17-14-31(24(35)38-17)16-5-6-19(18(26)11-16)29-7-9-30(10-8-29)20-12-21(39-22(20)32(36)37)28-23(34)25(2,3)4/h5-6,11-12,17H,7-10,13-14H2,1-4H3,(H,27,33)(H,28,34)/t17-/m0/s1. The molecule has 3 heterocycles. The van der Waals surface area contributed by atoms with Crippen molar-refractivity contribution >= 4 is 56.3 Å². The lowest BCUT2D eigenvalue weighted by atomic mass is 9.96. The first kappa shape index (κ1) is 28.1. The van der Waals surface area contributed by atoms with Crippen LogP contribution in [0.3, 0.4) is 0 Å². The van der Waals surface area contributed by atoms with Gasteiger partial charge in [0.25, 0.3) is 0 Å². The van der Waals surface area contributed by atoms with Gasteiger partial charge >= 0.3 is 11.1 Å². The second-order valence-electron chi connectivity index (χ2n) is 10.4. The summed E-state index contributed by atoms with van der Waals surface area (Å²) >= 11 is 0.914. The van der Waals surface area contributed by atoms with E-state index < -0.39 is 28.4 Å². The number of nitrogens with one attached hydrogen (secondary N) is 2. The van der Waals surface area contributed by atoms with Gasteiger partial charge in [0.2, 0.25) is 11.8 Å². The third kappa shape index (κ3) is 6.38. The highest BCUT2D eigenvalue weighted by Gasteiger charge is 2.34. The number of benzene rings is 1. The lowest BCUT2D eigenvalue weighted by Gasteiger charge is -2.36. The summed E-state index contributed by atoms with van der Waals surface area (Å²) in [7, 11) is 0. The van der Waals surface area contributed by atoms with E-state index in [4.69, 9.17) is 4.74 Å². The van der Waals surface area contributed by atoms with Gasteiger partial charge in [-0.15, -0.1) is 0 Å². The van der Waals surface area contributed by atoms with Crippen LogP contribution in [0.5, 0.6) is 0 Å². The maximum absolute atomic E-state index is 15.2. The zero-order valence-electron chi connectivity index (χ0n) is 22.2. The van der Waals surface area contributed by atoms with E-state index in [1.807, 2.05) is 9.80 Å². The van der Waals surface area contributed by atoms with E-state index in [2.05, 4.69) is 10.6 Å². The number of thiophene rings is 1. The number of nitrogens with zero attached hydrogens (tertiary/aromatic N) is 4. The molecule has 12 nitrogen and oxygen atoms in total. The van der Waals surface area contributed by atoms with Crippen LogP contribution in [-0.2, 0) is 14.3 Å². The summed E-state index contributed by atoms with van der Waals surface area (Å²) in [6, 6.07) is 6.13. The summed E-state index contributed by atoms with van der Waals surface area (Å²) in [5, 5.41) is 17.4. The average Bonchev–Trinajstić information content (AvgIpc) is 3.46. The normalized spacial score (nSPS) is 17.7. The van der Waals surface area contributed by atoms with Crippen molar-refractivity contribution in [2.45, 2.75) is 33.8 Å². The van der Waals surface area contributed by atoms with Crippen molar-refractivity contribution in [2.75, 3.05) is 59.3 Å². The minimum Gasteiger partial charge on any atom is -0.442 e. The summed E-state index contributed by atoms with van der Waals surface area (Å²) in [5.41, 5.74) is 0.488.